The lowest BCUT2D eigenvalue weighted by Gasteiger charge is -2.30. The maximum absolute atomic E-state index is 14.2. The van der Waals surface area contributed by atoms with Gasteiger partial charge in [0, 0.05) is 42.8 Å². The molecule has 2 N–H and O–H groups in total. The Morgan fingerprint density at radius 2 is 1.80 bits per heavy atom. The van der Waals surface area contributed by atoms with Crippen molar-refractivity contribution in [2.45, 2.75) is 12.8 Å². The number of nitrogens with zero attached hydrogens (tertiary/aromatic N) is 3. The van der Waals surface area contributed by atoms with Gasteiger partial charge in [-0.3, -0.25) is 14.7 Å². The van der Waals surface area contributed by atoms with Crippen molar-refractivity contribution in [3.63, 3.8) is 0 Å². The Hall–Kier alpha value is -3.73. The zero-order valence-corrected chi connectivity index (χ0v) is 19.7. The molecule has 0 spiro atoms. The summed E-state index contributed by atoms with van der Waals surface area (Å²) in [6.45, 7) is 0.576. The van der Waals surface area contributed by atoms with E-state index in [0.29, 0.717) is 35.0 Å². The third-order valence-corrected chi connectivity index (χ3v) is 6.08. The highest BCUT2D eigenvalue weighted by molar-refractivity contribution is 6.33. The number of benzene rings is 1. The van der Waals surface area contributed by atoms with Crippen molar-refractivity contribution < 1.29 is 27.8 Å². The summed E-state index contributed by atoms with van der Waals surface area (Å²) in [4.78, 5) is 31.1. The molecule has 0 saturated carbocycles. The summed E-state index contributed by atoms with van der Waals surface area (Å²) in [5.74, 6) is -2.80. The lowest BCUT2D eigenvalue weighted by Crippen LogP contribution is -2.41. The molecule has 184 valence electrons. The highest BCUT2D eigenvalue weighted by atomic mass is 35.5. The molecule has 2 aromatic heterocycles. The zero-order valence-electron chi connectivity index (χ0n) is 18.9. The molecule has 1 saturated heterocycles. The summed E-state index contributed by atoms with van der Waals surface area (Å²) >= 11 is 6.21. The van der Waals surface area contributed by atoms with Crippen molar-refractivity contribution in [1.82, 2.24) is 20.1 Å². The summed E-state index contributed by atoms with van der Waals surface area (Å²) in [7, 11) is 2.77. The van der Waals surface area contributed by atoms with Gasteiger partial charge in [-0.15, -0.1) is 0 Å². The molecule has 0 unspecified atom stereocenters. The molecule has 0 bridgehead atoms. The van der Waals surface area contributed by atoms with Gasteiger partial charge in [0.2, 0.25) is 11.8 Å². The van der Waals surface area contributed by atoms with E-state index in [9.17, 15) is 18.4 Å². The highest BCUT2D eigenvalue weighted by Gasteiger charge is 2.30. The first-order valence-electron chi connectivity index (χ1n) is 10.7. The van der Waals surface area contributed by atoms with Crippen LogP contribution >= 0.6 is 11.6 Å². The number of aromatic amines is 1. The molecule has 3 heterocycles. The van der Waals surface area contributed by atoms with Gasteiger partial charge in [0.25, 0.3) is 5.91 Å². The number of hydrogen-bond acceptors (Lipinski definition) is 6. The van der Waals surface area contributed by atoms with Crippen LogP contribution in [0.1, 0.15) is 23.3 Å². The smallest absolute Gasteiger partial charge is 0.274 e. The lowest BCUT2D eigenvalue weighted by molar-refractivity contribution is -0.121. The number of nitrogens with one attached hydrogen (secondary N) is 2. The number of amides is 2. The van der Waals surface area contributed by atoms with E-state index in [1.165, 1.54) is 20.4 Å². The van der Waals surface area contributed by atoms with Gasteiger partial charge in [0.05, 0.1) is 31.1 Å². The summed E-state index contributed by atoms with van der Waals surface area (Å²) in [6.07, 6.45) is 2.11. The van der Waals surface area contributed by atoms with Crippen LogP contribution in [0.15, 0.2) is 30.5 Å². The second-order valence-electron chi connectivity index (χ2n) is 7.90. The molecule has 9 nitrogen and oxygen atoms in total. The molecule has 1 aliphatic rings. The Bertz CT molecular complexity index is 1240. The number of carbonyl (C=O) groups excluding carboxylic acids is 2. The SMILES string of the molecule is COc1cc(F)c(NC(=O)C2CCN(C(=O)c3cc(-c4cc(OC)ncc4Cl)[nH]n3)CC2)c(F)c1. The Morgan fingerprint density at radius 1 is 1.11 bits per heavy atom. The molecule has 0 aliphatic carbocycles. The number of ether oxygens (including phenoxy) is 2. The molecule has 1 aliphatic heterocycles. The first-order chi connectivity index (χ1) is 16.8. The molecule has 0 radical (unpaired) electrons. The van der Waals surface area contributed by atoms with Gasteiger partial charge in [-0.05, 0) is 18.9 Å². The van der Waals surface area contributed by atoms with E-state index in [-0.39, 0.29) is 30.4 Å². The van der Waals surface area contributed by atoms with Crippen LogP contribution in [0, 0.1) is 17.6 Å². The van der Waals surface area contributed by atoms with Gasteiger partial charge in [0.15, 0.2) is 17.3 Å². The summed E-state index contributed by atoms with van der Waals surface area (Å²) in [5.41, 5.74) is 0.775. The molecule has 12 heteroatoms. The van der Waals surface area contributed by atoms with Crippen LogP contribution in [0.3, 0.4) is 0 Å². The van der Waals surface area contributed by atoms with Crippen LogP contribution in [0.25, 0.3) is 11.3 Å². The molecule has 4 rings (SSSR count). The van der Waals surface area contributed by atoms with Crippen LogP contribution < -0.4 is 14.8 Å². The number of likely N-dealkylation sites (tertiary alicyclic amines) is 1. The number of H-pyrrole nitrogens is 1. The monoisotopic (exact) mass is 505 g/mol. The molecule has 2 amide bonds. The quantitative estimate of drug-likeness (QED) is 0.525. The fraction of sp³-hybridized carbons (Fsp3) is 0.304. The standard InChI is InChI=1S/C23H22ClF2N5O4/c1-34-13-7-16(25)21(17(26)8-13)28-22(32)12-3-5-31(6-4-12)23(33)19-10-18(29-30-19)14-9-20(35-2)27-11-15(14)24/h7-12H,3-6H2,1-2H3,(H,28,32)(H,29,30). The minimum Gasteiger partial charge on any atom is -0.497 e. The Balaban J connectivity index is 1.38. The van der Waals surface area contributed by atoms with E-state index in [1.54, 1.807) is 17.0 Å². The van der Waals surface area contributed by atoms with E-state index < -0.39 is 29.1 Å². The molecule has 35 heavy (non-hydrogen) atoms. The molecular weight excluding hydrogens is 484 g/mol. The average molecular weight is 506 g/mol. The zero-order chi connectivity index (χ0) is 25.1. The maximum atomic E-state index is 14.2. The summed E-state index contributed by atoms with van der Waals surface area (Å²) < 4.78 is 38.2. The van der Waals surface area contributed by atoms with Crippen LogP contribution in [-0.4, -0.2) is 59.2 Å². The summed E-state index contributed by atoms with van der Waals surface area (Å²) in [6, 6.07) is 5.19. The van der Waals surface area contributed by atoms with Gasteiger partial charge in [-0.1, -0.05) is 11.6 Å². The number of halogens is 3. The maximum Gasteiger partial charge on any atom is 0.274 e. The van der Waals surface area contributed by atoms with Gasteiger partial charge in [-0.2, -0.15) is 5.10 Å². The Kier molecular flexibility index (Phi) is 7.15. The number of pyridine rings is 1. The number of methoxy groups -OCH3 is 2. The number of aromatic nitrogens is 3. The highest BCUT2D eigenvalue weighted by Crippen LogP contribution is 2.30. The first-order valence-corrected chi connectivity index (χ1v) is 11.1. The third kappa shape index (κ3) is 5.19. The van der Waals surface area contributed by atoms with Crippen LogP contribution in [0.5, 0.6) is 11.6 Å². The minimum atomic E-state index is -0.927. The van der Waals surface area contributed by atoms with Gasteiger partial charge >= 0.3 is 0 Å². The lowest BCUT2D eigenvalue weighted by atomic mass is 9.95. The summed E-state index contributed by atoms with van der Waals surface area (Å²) in [5, 5.41) is 9.58. The second kappa shape index (κ2) is 10.3. The van der Waals surface area contributed by atoms with E-state index >= 15 is 0 Å². The van der Waals surface area contributed by atoms with Gasteiger partial charge in [0.1, 0.15) is 11.4 Å². The van der Waals surface area contributed by atoms with Crippen LogP contribution in [0.2, 0.25) is 5.02 Å². The average Bonchev–Trinajstić information content (AvgIpc) is 3.36. The molecule has 1 aromatic carbocycles. The largest absolute Gasteiger partial charge is 0.497 e. The van der Waals surface area contributed by atoms with Crippen molar-refractivity contribution in [1.29, 1.82) is 0 Å². The molecule has 1 fully saturated rings. The number of hydrogen-bond donors (Lipinski definition) is 2. The number of rotatable bonds is 6. The molecule has 3 aromatic rings. The predicted octanol–water partition coefficient (Wildman–Crippen LogP) is 3.91. The fourth-order valence-corrected chi connectivity index (χ4v) is 4.03. The van der Waals surface area contributed by atoms with E-state index in [4.69, 9.17) is 21.1 Å². The molecule has 0 atom stereocenters. The van der Waals surface area contributed by atoms with Gasteiger partial charge in [-0.25, -0.2) is 13.8 Å². The van der Waals surface area contributed by atoms with Crippen molar-refractivity contribution in [2.75, 3.05) is 32.6 Å². The van der Waals surface area contributed by atoms with Crippen LogP contribution in [-0.2, 0) is 4.79 Å². The van der Waals surface area contributed by atoms with Gasteiger partial charge < -0.3 is 19.7 Å². The minimum absolute atomic E-state index is 0.0108. The van der Waals surface area contributed by atoms with Crippen molar-refractivity contribution >= 4 is 29.1 Å². The first kappa shape index (κ1) is 24.4. The topological polar surface area (TPSA) is 109 Å². The van der Waals surface area contributed by atoms with Crippen LogP contribution in [0.4, 0.5) is 14.5 Å². The number of piperidine rings is 1. The van der Waals surface area contributed by atoms with E-state index in [2.05, 4.69) is 20.5 Å². The normalized spacial score (nSPS) is 14.0. The number of carbonyl (C=O) groups is 2. The third-order valence-electron chi connectivity index (χ3n) is 5.78. The Morgan fingerprint density at radius 3 is 2.43 bits per heavy atom. The van der Waals surface area contributed by atoms with E-state index in [1.807, 2.05) is 0 Å². The number of anilines is 1. The van der Waals surface area contributed by atoms with E-state index in [0.717, 1.165) is 12.1 Å². The predicted molar refractivity (Wildman–Crippen MR) is 124 cm³/mol. The molecular formula is C23H22ClF2N5O4. The van der Waals surface area contributed by atoms with Crippen molar-refractivity contribution in [2.24, 2.45) is 5.92 Å². The Labute approximate surface area is 204 Å². The fourth-order valence-electron chi connectivity index (χ4n) is 3.83. The van der Waals surface area contributed by atoms with Crippen molar-refractivity contribution in [3.05, 3.63) is 52.8 Å². The van der Waals surface area contributed by atoms with Crippen molar-refractivity contribution in [3.8, 4) is 22.9 Å². The second-order valence-corrected chi connectivity index (χ2v) is 8.30.